The van der Waals surface area contributed by atoms with Crippen LogP contribution in [0.25, 0.3) is 0 Å². The second-order valence-corrected chi connectivity index (χ2v) is 8.48. The number of hydrogen-bond donors (Lipinski definition) is 1. The molecular formula is C19H23NO2S. The lowest BCUT2D eigenvalue weighted by molar-refractivity contribution is 0.489. The summed E-state index contributed by atoms with van der Waals surface area (Å²) in [5.41, 5.74) is 4.03. The minimum absolute atomic E-state index is 0.140. The fraction of sp³-hybridized carbons (Fsp3) is 0.368. The second kappa shape index (κ2) is 6.46. The summed E-state index contributed by atoms with van der Waals surface area (Å²) in [5, 5.41) is 3.56. The number of rotatable bonds is 6. The molecule has 0 radical (unpaired) electrons. The van der Waals surface area contributed by atoms with E-state index in [4.69, 9.17) is 0 Å². The van der Waals surface area contributed by atoms with Crippen molar-refractivity contribution in [1.82, 2.24) is 5.32 Å². The van der Waals surface area contributed by atoms with E-state index in [0.717, 1.165) is 18.5 Å². The average molecular weight is 329 g/mol. The van der Waals surface area contributed by atoms with Crippen LogP contribution in [0.2, 0.25) is 0 Å². The zero-order valence-corrected chi connectivity index (χ0v) is 14.4. The number of hydrogen-bond acceptors (Lipinski definition) is 3. The third-order valence-electron chi connectivity index (χ3n) is 4.75. The summed E-state index contributed by atoms with van der Waals surface area (Å²) in [6.45, 7) is 4.74. The van der Waals surface area contributed by atoms with Crippen molar-refractivity contribution in [3.63, 3.8) is 0 Å². The number of nitrogens with one attached hydrogen (secondary N) is 1. The highest BCUT2D eigenvalue weighted by Crippen LogP contribution is 2.34. The van der Waals surface area contributed by atoms with Crippen molar-refractivity contribution in [3.05, 3.63) is 65.2 Å². The van der Waals surface area contributed by atoms with Gasteiger partial charge in [-0.05, 0) is 42.2 Å². The zero-order valence-electron chi connectivity index (χ0n) is 13.6. The molecule has 0 aliphatic heterocycles. The highest BCUT2D eigenvalue weighted by molar-refractivity contribution is 7.91. The van der Waals surface area contributed by atoms with Crippen molar-refractivity contribution in [2.45, 2.75) is 37.1 Å². The molecule has 1 aliphatic carbocycles. The summed E-state index contributed by atoms with van der Waals surface area (Å²) in [6, 6.07) is 16.1. The summed E-state index contributed by atoms with van der Waals surface area (Å²) < 4.78 is 23.7. The van der Waals surface area contributed by atoms with Crippen LogP contribution in [0.3, 0.4) is 0 Å². The van der Waals surface area contributed by atoms with Gasteiger partial charge in [-0.15, -0.1) is 0 Å². The first-order valence-corrected chi connectivity index (χ1v) is 9.80. The molecule has 0 heterocycles. The van der Waals surface area contributed by atoms with Crippen molar-refractivity contribution in [3.8, 4) is 0 Å². The fourth-order valence-electron chi connectivity index (χ4n) is 3.11. The maximum Gasteiger partial charge on any atom is 0.178 e. The zero-order chi connectivity index (χ0) is 16.4. The van der Waals surface area contributed by atoms with Crippen LogP contribution in [-0.2, 0) is 16.3 Å². The molecule has 0 spiro atoms. The molecule has 2 aromatic carbocycles. The van der Waals surface area contributed by atoms with Gasteiger partial charge >= 0.3 is 0 Å². The molecule has 122 valence electrons. The van der Waals surface area contributed by atoms with E-state index in [1.54, 1.807) is 19.1 Å². The molecule has 3 nitrogen and oxygen atoms in total. The van der Waals surface area contributed by atoms with E-state index in [1.807, 2.05) is 12.1 Å². The van der Waals surface area contributed by atoms with E-state index in [2.05, 4.69) is 36.5 Å². The minimum Gasteiger partial charge on any atom is -0.310 e. The van der Waals surface area contributed by atoms with Crippen LogP contribution in [0.5, 0.6) is 0 Å². The Bertz CT molecular complexity index is 781. The van der Waals surface area contributed by atoms with Gasteiger partial charge in [-0.2, -0.15) is 0 Å². The van der Waals surface area contributed by atoms with Gasteiger partial charge in [0.25, 0.3) is 0 Å². The Balaban J connectivity index is 1.60. The van der Waals surface area contributed by atoms with Gasteiger partial charge in [0.2, 0.25) is 0 Å². The van der Waals surface area contributed by atoms with Crippen molar-refractivity contribution in [1.29, 1.82) is 0 Å². The Hall–Kier alpha value is -1.65. The Morgan fingerprint density at radius 3 is 2.48 bits per heavy atom. The van der Waals surface area contributed by atoms with E-state index >= 15 is 0 Å². The van der Waals surface area contributed by atoms with Crippen molar-refractivity contribution in [2.75, 3.05) is 12.3 Å². The van der Waals surface area contributed by atoms with Crippen LogP contribution >= 0.6 is 0 Å². The molecule has 0 fully saturated rings. The fourth-order valence-corrected chi connectivity index (χ4v) is 4.00. The summed E-state index contributed by atoms with van der Waals surface area (Å²) in [5.74, 6) is 0.731. The largest absolute Gasteiger partial charge is 0.310 e. The van der Waals surface area contributed by atoms with Crippen LogP contribution < -0.4 is 5.32 Å². The summed E-state index contributed by atoms with van der Waals surface area (Å²) in [6.07, 6.45) is 1.14. The molecule has 0 amide bonds. The highest BCUT2D eigenvalue weighted by atomic mass is 32.2. The normalized spacial score (nSPS) is 18.1. The van der Waals surface area contributed by atoms with Gasteiger partial charge in [-0.3, -0.25) is 0 Å². The molecule has 2 unspecified atom stereocenters. The van der Waals surface area contributed by atoms with E-state index in [1.165, 1.54) is 11.1 Å². The van der Waals surface area contributed by atoms with Crippen molar-refractivity contribution in [2.24, 2.45) is 0 Å². The molecule has 0 bridgehead atoms. The van der Waals surface area contributed by atoms with Crippen LogP contribution in [0.4, 0.5) is 0 Å². The average Bonchev–Trinajstić information content (AvgIpc) is 2.55. The van der Waals surface area contributed by atoms with Crippen molar-refractivity contribution < 1.29 is 8.42 Å². The van der Waals surface area contributed by atoms with Gasteiger partial charge in [-0.1, -0.05) is 43.3 Å². The quantitative estimate of drug-likeness (QED) is 0.883. The molecule has 23 heavy (non-hydrogen) atoms. The SMILES string of the molecule is CCS(=O)(=O)c1ccc(C(C)NCC2Cc3ccccc32)cc1. The summed E-state index contributed by atoms with van der Waals surface area (Å²) in [7, 11) is -3.12. The standard InChI is InChI=1S/C19H23NO2S/c1-3-23(21,22)18-10-8-15(9-11-18)14(2)20-13-17-12-16-6-4-5-7-19(16)17/h4-11,14,17,20H,3,12-13H2,1-2H3. The molecule has 3 rings (SSSR count). The maximum atomic E-state index is 11.8. The van der Waals surface area contributed by atoms with E-state index in [9.17, 15) is 8.42 Å². The highest BCUT2D eigenvalue weighted by Gasteiger charge is 2.25. The van der Waals surface area contributed by atoms with Gasteiger partial charge < -0.3 is 5.32 Å². The molecule has 0 saturated heterocycles. The smallest absolute Gasteiger partial charge is 0.178 e. The van der Waals surface area contributed by atoms with Gasteiger partial charge in [0.15, 0.2) is 9.84 Å². The Labute approximate surface area is 138 Å². The summed E-state index contributed by atoms with van der Waals surface area (Å²) in [4.78, 5) is 0.406. The molecule has 4 heteroatoms. The lowest BCUT2D eigenvalue weighted by atomic mass is 9.77. The Kier molecular flexibility index (Phi) is 4.55. The maximum absolute atomic E-state index is 11.8. The number of sulfone groups is 1. The predicted molar refractivity (Wildman–Crippen MR) is 93.5 cm³/mol. The lowest BCUT2D eigenvalue weighted by Crippen LogP contribution is -2.30. The van der Waals surface area contributed by atoms with Gasteiger partial charge in [0, 0.05) is 18.5 Å². The van der Waals surface area contributed by atoms with Crippen LogP contribution in [0.1, 0.15) is 42.5 Å². The van der Waals surface area contributed by atoms with Gasteiger partial charge in [0.1, 0.15) is 0 Å². The van der Waals surface area contributed by atoms with E-state index in [0.29, 0.717) is 10.8 Å². The first-order valence-electron chi connectivity index (χ1n) is 8.15. The molecule has 1 N–H and O–H groups in total. The molecular weight excluding hydrogens is 306 g/mol. The van der Waals surface area contributed by atoms with E-state index in [-0.39, 0.29) is 11.8 Å². The first kappa shape index (κ1) is 16.2. The van der Waals surface area contributed by atoms with Gasteiger partial charge in [0.05, 0.1) is 10.6 Å². The minimum atomic E-state index is -3.12. The molecule has 0 aromatic heterocycles. The van der Waals surface area contributed by atoms with Crippen LogP contribution in [0.15, 0.2) is 53.4 Å². The Morgan fingerprint density at radius 2 is 1.83 bits per heavy atom. The third kappa shape index (κ3) is 3.33. The molecule has 1 aliphatic rings. The summed E-state index contributed by atoms with van der Waals surface area (Å²) >= 11 is 0. The molecule has 2 aromatic rings. The van der Waals surface area contributed by atoms with E-state index < -0.39 is 9.84 Å². The molecule has 2 atom stereocenters. The molecule has 0 saturated carbocycles. The topological polar surface area (TPSA) is 46.2 Å². The van der Waals surface area contributed by atoms with Gasteiger partial charge in [-0.25, -0.2) is 8.42 Å². The number of fused-ring (bicyclic) bond motifs is 1. The Morgan fingerprint density at radius 1 is 1.13 bits per heavy atom. The van der Waals surface area contributed by atoms with Crippen LogP contribution in [-0.4, -0.2) is 20.7 Å². The lowest BCUT2D eigenvalue weighted by Gasteiger charge is -2.31. The predicted octanol–water partition coefficient (Wildman–Crippen LogP) is 3.47. The monoisotopic (exact) mass is 329 g/mol. The second-order valence-electron chi connectivity index (χ2n) is 6.20. The van der Waals surface area contributed by atoms with Crippen LogP contribution in [0, 0.1) is 0 Å². The third-order valence-corrected chi connectivity index (χ3v) is 6.50. The number of benzene rings is 2. The van der Waals surface area contributed by atoms with Crippen molar-refractivity contribution >= 4 is 9.84 Å². The first-order chi connectivity index (χ1) is 11.0.